The van der Waals surface area contributed by atoms with Crippen LogP contribution in [0.15, 0.2) is 66.7 Å². The molecule has 1 heterocycles. The highest BCUT2D eigenvalue weighted by atomic mass is 16.6. The average Bonchev–Trinajstić information content (AvgIpc) is 2.69. The van der Waals surface area contributed by atoms with E-state index in [1.54, 1.807) is 29.2 Å². The van der Waals surface area contributed by atoms with Crippen molar-refractivity contribution in [3.63, 3.8) is 0 Å². The number of fused-ring (bicyclic) bond motifs is 1. The standard InChI is InChI=1S/C21H17N3O4/c1-13-6-9-15(10-7-13)23-20(14-8-11-19(25)18(12-14)24(27)28)22-17-5-3-2-4-16(17)21(23)26/h2-12,20,22,25H,1H3/t20-/m0/s1. The number of hydrogen-bond acceptors (Lipinski definition) is 5. The molecule has 1 aliphatic heterocycles. The lowest BCUT2D eigenvalue weighted by atomic mass is 10.0. The highest BCUT2D eigenvalue weighted by Gasteiger charge is 2.35. The van der Waals surface area contributed by atoms with Gasteiger partial charge in [-0.2, -0.15) is 0 Å². The van der Waals surface area contributed by atoms with Crippen molar-refractivity contribution in [1.29, 1.82) is 0 Å². The molecule has 3 aromatic rings. The molecule has 1 atom stereocenters. The van der Waals surface area contributed by atoms with E-state index in [0.717, 1.165) is 5.56 Å². The SMILES string of the molecule is Cc1ccc(N2C(=O)c3ccccc3N[C@@H]2c2ccc(O)c([N+](=O)[O-])c2)cc1. The molecule has 1 amide bonds. The van der Waals surface area contributed by atoms with Crippen molar-refractivity contribution in [1.82, 2.24) is 0 Å². The Kier molecular flexibility index (Phi) is 4.19. The fraction of sp³-hybridized carbons (Fsp3) is 0.0952. The second-order valence-corrected chi connectivity index (χ2v) is 6.61. The Balaban J connectivity index is 1.87. The highest BCUT2D eigenvalue weighted by molar-refractivity contribution is 6.12. The predicted octanol–water partition coefficient (Wildman–Crippen LogP) is 4.38. The van der Waals surface area contributed by atoms with Crippen molar-refractivity contribution in [3.05, 3.63) is 93.5 Å². The summed E-state index contributed by atoms with van der Waals surface area (Å²) in [6.45, 7) is 1.95. The molecule has 28 heavy (non-hydrogen) atoms. The summed E-state index contributed by atoms with van der Waals surface area (Å²) < 4.78 is 0. The van der Waals surface area contributed by atoms with Gasteiger partial charge < -0.3 is 10.4 Å². The molecular formula is C21H17N3O4. The molecule has 2 N–H and O–H groups in total. The molecule has 0 aromatic heterocycles. The number of anilines is 2. The maximum atomic E-state index is 13.3. The van der Waals surface area contributed by atoms with E-state index in [1.807, 2.05) is 37.3 Å². The summed E-state index contributed by atoms with van der Waals surface area (Å²) in [5.41, 5.74) is 2.98. The van der Waals surface area contributed by atoms with Crippen molar-refractivity contribution in [2.24, 2.45) is 0 Å². The van der Waals surface area contributed by atoms with Gasteiger partial charge in [0.1, 0.15) is 6.17 Å². The molecule has 0 fully saturated rings. The Morgan fingerprint density at radius 2 is 1.79 bits per heavy atom. The Labute approximate surface area is 161 Å². The molecule has 4 rings (SSSR count). The van der Waals surface area contributed by atoms with Gasteiger partial charge in [0.25, 0.3) is 5.91 Å². The maximum absolute atomic E-state index is 13.3. The van der Waals surface area contributed by atoms with Crippen LogP contribution in [-0.2, 0) is 0 Å². The molecule has 0 unspecified atom stereocenters. The van der Waals surface area contributed by atoms with Gasteiger partial charge >= 0.3 is 5.69 Å². The first kappa shape index (κ1) is 17.5. The van der Waals surface area contributed by atoms with E-state index in [2.05, 4.69) is 5.32 Å². The molecule has 0 saturated carbocycles. The summed E-state index contributed by atoms with van der Waals surface area (Å²) in [5, 5.41) is 24.3. The molecule has 1 aliphatic rings. The fourth-order valence-corrected chi connectivity index (χ4v) is 3.32. The van der Waals surface area contributed by atoms with Gasteiger partial charge in [-0.05, 0) is 37.3 Å². The number of carbonyl (C=O) groups excluding carboxylic acids is 1. The number of rotatable bonds is 3. The van der Waals surface area contributed by atoms with Gasteiger partial charge in [-0.25, -0.2) is 0 Å². The number of carbonyl (C=O) groups is 1. The van der Waals surface area contributed by atoms with Crippen LogP contribution in [0.1, 0.15) is 27.7 Å². The summed E-state index contributed by atoms with van der Waals surface area (Å²) in [6, 6.07) is 18.7. The average molecular weight is 375 g/mol. The van der Waals surface area contributed by atoms with Crippen molar-refractivity contribution in [2.45, 2.75) is 13.1 Å². The normalized spacial score (nSPS) is 15.7. The third-order valence-electron chi connectivity index (χ3n) is 4.75. The number of aromatic hydroxyl groups is 1. The van der Waals surface area contributed by atoms with E-state index in [9.17, 15) is 20.0 Å². The van der Waals surface area contributed by atoms with E-state index in [-0.39, 0.29) is 5.91 Å². The zero-order chi connectivity index (χ0) is 19.8. The van der Waals surface area contributed by atoms with Crippen LogP contribution in [-0.4, -0.2) is 15.9 Å². The molecule has 7 heteroatoms. The molecule has 0 spiro atoms. The number of hydrogen-bond donors (Lipinski definition) is 2. The Bertz CT molecular complexity index is 1080. The van der Waals surface area contributed by atoms with Gasteiger partial charge in [0, 0.05) is 23.0 Å². The first-order chi connectivity index (χ1) is 13.5. The van der Waals surface area contributed by atoms with E-state index in [0.29, 0.717) is 22.5 Å². The number of phenols is 1. The smallest absolute Gasteiger partial charge is 0.311 e. The van der Waals surface area contributed by atoms with Crippen molar-refractivity contribution in [2.75, 3.05) is 10.2 Å². The summed E-state index contributed by atoms with van der Waals surface area (Å²) in [7, 11) is 0. The number of nitro benzene ring substituents is 1. The van der Waals surface area contributed by atoms with Gasteiger partial charge in [-0.15, -0.1) is 0 Å². The van der Waals surface area contributed by atoms with Gasteiger partial charge in [0.15, 0.2) is 5.75 Å². The minimum atomic E-state index is -0.663. The number of nitro groups is 1. The van der Waals surface area contributed by atoms with Crippen molar-refractivity contribution >= 4 is 23.0 Å². The van der Waals surface area contributed by atoms with Crippen LogP contribution in [0.25, 0.3) is 0 Å². The number of phenolic OH excluding ortho intramolecular Hbond substituents is 1. The second kappa shape index (κ2) is 6.70. The molecule has 0 bridgehead atoms. The molecular weight excluding hydrogens is 358 g/mol. The topological polar surface area (TPSA) is 95.7 Å². The van der Waals surface area contributed by atoms with E-state index >= 15 is 0 Å². The number of nitrogens with zero attached hydrogens (tertiary/aromatic N) is 2. The maximum Gasteiger partial charge on any atom is 0.311 e. The highest BCUT2D eigenvalue weighted by Crippen LogP contribution is 2.38. The van der Waals surface area contributed by atoms with Crippen LogP contribution in [0.5, 0.6) is 5.75 Å². The summed E-state index contributed by atoms with van der Waals surface area (Å²) in [5.74, 6) is -0.628. The zero-order valence-corrected chi connectivity index (χ0v) is 15.0. The molecule has 3 aromatic carbocycles. The first-order valence-corrected chi connectivity index (χ1v) is 8.69. The van der Waals surface area contributed by atoms with Gasteiger partial charge in [-0.1, -0.05) is 35.9 Å². The fourth-order valence-electron chi connectivity index (χ4n) is 3.32. The minimum Gasteiger partial charge on any atom is -0.502 e. The number of aryl methyl sites for hydroxylation is 1. The summed E-state index contributed by atoms with van der Waals surface area (Å²) in [4.78, 5) is 25.4. The third kappa shape index (κ3) is 2.92. The van der Waals surface area contributed by atoms with E-state index in [1.165, 1.54) is 12.1 Å². The van der Waals surface area contributed by atoms with E-state index in [4.69, 9.17) is 0 Å². The monoisotopic (exact) mass is 375 g/mol. The summed E-state index contributed by atoms with van der Waals surface area (Å²) in [6.07, 6.45) is -0.663. The predicted molar refractivity (Wildman–Crippen MR) is 106 cm³/mol. The van der Waals surface area contributed by atoms with Crippen LogP contribution in [0.2, 0.25) is 0 Å². The van der Waals surface area contributed by atoms with Crippen molar-refractivity contribution < 1.29 is 14.8 Å². The largest absolute Gasteiger partial charge is 0.502 e. The summed E-state index contributed by atoms with van der Waals surface area (Å²) >= 11 is 0. The Morgan fingerprint density at radius 3 is 2.50 bits per heavy atom. The Morgan fingerprint density at radius 1 is 1.07 bits per heavy atom. The van der Waals surface area contributed by atoms with Crippen LogP contribution in [0, 0.1) is 17.0 Å². The van der Waals surface area contributed by atoms with Crippen LogP contribution < -0.4 is 10.2 Å². The van der Waals surface area contributed by atoms with Crippen molar-refractivity contribution in [3.8, 4) is 5.75 Å². The van der Waals surface area contributed by atoms with Crippen LogP contribution in [0.4, 0.5) is 17.1 Å². The first-order valence-electron chi connectivity index (χ1n) is 8.69. The molecule has 0 saturated heterocycles. The number of nitrogens with one attached hydrogen (secondary N) is 1. The number of amides is 1. The molecule has 0 aliphatic carbocycles. The quantitative estimate of drug-likeness (QED) is 0.523. The number of para-hydroxylation sites is 1. The lowest BCUT2D eigenvalue weighted by molar-refractivity contribution is -0.385. The second-order valence-electron chi connectivity index (χ2n) is 6.61. The van der Waals surface area contributed by atoms with Gasteiger partial charge in [0.05, 0.1) is 10.5 Å². The van der Waals surface area contributed by atoms with Gasteiger partial charge in [-0.3, -0.25) is 19.8 Å². The van der Waals surface area contributed by atoms with Crippen LogP contribution >= 0.6 is 0 Å². The zero-order valence-electron chi connectivity index (χ0n) is 15.0. The molecule has 0 radical (unpaired) electrons. The van der Waals surface area contributed by atoms with Crippen LogP contribution in [0.3, 0.4) is 0 Å². The van der Waals surface area contributed by atoms with Gasteiger partial charge in [0.2, 0.25) is 0 Å². The third-order valence-corrected chi connectivity index (χ3v) is 4.75. The molecule has 7 nitrogen and oxygen atoms in total. The lowest BCUT2D eigenvalue weighted by Crippen LogP contribution is -2.43. The minimum absolute atomic E-state index is 0.209. The van der Waals surface area contributed by atoms with E-state index < -0.39 is 22.5 Å². The Hall–Kier alpha value is -3.87. The number of benzene rings is 3. The lowest BCUT2D eigenvalue weighted by Gasteiger charge is -2.38. The molecule has 140 valence electrons.